The van der Waals surface area contributed by atoms with Crippen molar-refractivity contribution in [3.63, 3.8) is 0 Å². The summed E-state index contributed by atoms with van der Waals surface area (Å²) in [7, 11) is 0. The van der Waals surface area contributed by atoms with E-state index in [-0.39, 0.29) is 11.8 Å². The number of amides is 1. The number of carbonyl (C=O) groups excluding carboxylic acids is 2. The first kappa shape index (κ1) is 23.0. The predicted molar refractivity (Wildman–Crippen MR) is 126 cm³/mol. The summed E-state index contributed by atoms with van der Waals surface area (Å²) in [5, 5.41) is 15.3. The Morgan fingerprint density at radius 3 is 2.35 bits per heavy atom. The van der Waals surface area contributed by atoms with Crippen LogP contribution >= 0.6 is 0 Å². The van der Waals surface area contributed by atoms with E-state index in [2.05, 4.69) is 15.3 Å². The number of H-pyrrole nitrogens is 2. The summed E-state index contributed by atoms with van der Waals surface area (Å²) in [6.07, 6.45) is 2.20. The van der Waals surface area contributed by atoms with Crippen LogP contribution < -0.4 is 21.7 Å². The normalized spacial score (nSPS) is 14.1. The van der Waals surface area contributed by atoms with Gasteiger partial charge in [-0.05, 0) is 29.7 Å². The Bertz CT molecular complexity index is 1480. The smallest absolute Gasteiger partial charge is 0.329 e. The van der Waals surface area contributed by atoms with Crippen LogP contribution in [0.5, 0.6) is 0 Å². The molecule has 0 saturated heterocycles. The SMILES string of the molecule is CC[C@@H](C)[C@H](NC(=O)[C@H](Cc1c[nH]c2ccccc12)n1c(=O)[nH]c2ccccc2c1=O)C(=O)[O-]. The van der Waals surface area contributed by atoms with Crippen molar-refractivity contribution in [1.82, 2.24) is 19.9 Å². The lowest BCUT2D eigenvalue weighted by molar-refractivity contribution is -0.309. The zero-order chi connectivity index (χ0) is 24.4. The number of aromatic amines is 2. The van der Waals surface area contributed by atoms with Crippen LogP contribution in [0.1, 0.15) is 31.9 Å². The van der Waals surface area contributed by atoms with Crippen LogP contribution in [-0.2, 0) is 16.0 Å². The number of hydrogen-bond acceptors (Lipinski definition) is 5. The maximum atomic E-state index is 13.5. The van der Waals surface area contributed by atoms with Crippen molar-refractivity contribution in [2.45, 2.75) is 38.8 Å². The third-order valence-electron chi connectivity index (χ3n) is 6.30. The maximum Gasteiger partial charge on any atom is 0.329 e. The van der Waals surface area contributed by atoms with E-state index in [1.807, 2.05) is 24.3 Å². The van der Waals surface area contributed by atoms with E-state index >= 15 is 0 Å². The van der Waals surface area contributed by atoms with E-state index < -0.39 is 41.1 Å². The van der Waals surface area contributed by atoms with Crippen LogP contribution in [-0.4, -0.2) is 32.5 Å². The molecule has 34 heavy (non-hydrogen) atoms. The molecule has 1 amide bonds. The van der Waals surface area contributed by atoms with Crippen molar-refractivity contribution in [3.8, 4) is 0 Å². The molecule has 0 saturated carbocycles. The Morgan fingerprint density at radius 1 is 1.03 bits per heavy atom. The largest absolute Gasteiger partial charge is 0.548 e. The average Bonchev–Trinajstić information content (AvgIpc) is 3.24. The Balaban J connectivity index is 1.84. The average molecular weight is 461 g/mol. The summed E-state index contributed by atoms with van der Waals surface area (Å²) in [5.41, 5.74) is 0.518. The van der Waals surface area contributed by atoms with Gasteiger partial charge in [0, 0.05) is 23.5 Å². The van der Waals surface area contributed by atoms with E-state index in [9.17, 15) is 24.3 Å². The summed E-state index contributed by atoms with van der Waals surface area (Å²) < 4.78 is 0.863. The number of hydrogen-bond donors (Lipinski definition) is 3. The van der Waals surface area contributed by atoms with E-state index in [4.69, 9.17) is 0 Å². The van der Waals surface area contributed by atoms with Crippen LogP contribution in [0.3, 0.4) is 0 Å². The van der Waals surface area contributed by atoms with Gasteiger partial charge in [0.1, 0.15) is 6.04 Å². The van der Waals surface area contributed by atoms with Crippen molar-refractivity contribution >= 4 is 33.7 Å². The summed E-state index contributed by atoms with van der Waals surface area (Å²) >= 11 is 0. The molecule has 0 aliphatic rings. The highest BCUT2D eigenvalue weighted by Crippen LogP contribution is 2.23. The number of carboxylic acid groups (broad SMARTS) is 1. The minimum atomic E-state index is -1.42. The molecular formula is C25H25N4O5-. The van der Waals surface area contributed by atoms with Gasteiger partial charge in [-0.15, -0.1) is 0 Å². The molecule has 9 heteroatoms. The third-order valence-corrected chi connectivity index (χ3v) is 6.30. The number of fused-ring (bicyclic) bond motifs is 2. The van der Waals surface area contributed by atoms with Gasteiger partial charge in [0.15, 0.2) is 0 Å². The standard InChI is InChI=1S/C25H26N4O5/c1-3-14(2)21(24(32)33)28-22(30)20(12-15-13-26-18-10-6-4-8-16(15)18)29-23(31)17-9-5-7-11-19(17)27-25(29)34/h4-11,13-14,20-21,26H,3,12H2,1-2H3,(H,27,34)(H,28,30)(H,32,33)/p-1/t14-,20+,21+/m1/s1. The molecule has 0 aliphatic heterocycles. The van der Waals surface area contributed by atoms with Gasteiger partial charge in [-0.25, -0.2) is 9.36 Å². The Kier molecular flexibility index (Phi) is 6.36. The third kappa shape index (κ3) is 4.24. The van der Waals surface area contributed by atoms with Crippen LogP contribution in [0.15, 0.2) is 64.3 Å². The summed E-state index contributed by atoms with van der Waals surface area (Å²) in [5.74, 6) is -2.58. The Morgan fingerprint density at radius 2 is 1.68 bits per heavy atom. The van der Waals surface area contributed by atoms with Gasteiger partial charge in [0.2, 0.25) is 5.91 Å². The first-order valence-electron chi connectivity index (χ1n) is 11.1. The fraction of sp³-hybridized carbons (Fsp3) is 0.280. The van der Waals surface area contributed by atoms with E-state index in [0.717, 1.165) is 15.5 Å². The van der Waals surface area contributed by atoms with Gasteiger partial charge in [0.05, 0.1) is 22.9 Å². The first-order chi connectivity index (χ1) is 16.3. The minimum Gasteiger partial charge on any atom is -0.548 e. The van der Waals surface area contributed by atoms with E-state index in [0.29, 0.717) is 17.5 Å². The number of carbonyl (C=O) groups is 2. The number of aromatic nitrogens is 3. The second-order valence-corrected chi connectivity index (χ2v) is 8.42. The van der Waals surface area contributed by atoms with E-state index in [1.165, 1.54) is 0 Å². The number of aliphatic carboxylic acids is 1. The van der Waals surface area contributed by atoms with Crippen molar-refractivity contribution in [1.29, 1.82) is 0 Å². The fourth-order valence-corrected chi connectivity index (χ4v) is 4.19. The molecule has 2 aromatic heterocycles. The van der Waals surface area contributed by atoms with Gasteiger partial charge in [-0.1, -0.05) is 50.6 Å². The van der Waals surface area contributed by atoms with Gasteiger partial charge in [0.25, 0.3) is 5.56 Å². The highest BCUT2D eigenvalue weighted by molar-refractivity contribution is 5.88. The lowest BCUT2D eigenvalue weighted by atomic mass is 9.98. The second kappa shape index (κ2) is 9.38. The molecule has 9 nitrogen and oxygen atoms in total. The number of benzene rings is 2. The first-order valence-corrected chi connectivity index (χ1v) is 11.1. The summed E-state index contributed by atoms with van der Waals surface area (Å²) in [4.78, 5) is 57.3. The maximum absolute atomic E-state index is 13.5. The van der Waals surface area contributed by atoms with Crippen LogP contribution in [0.25, 0.3) is 21.8 Å². The fourth-order valence-electron chi connectivity index (χ4n) is 4.19. The van der Waals surface area contributed by atoms with Gasteiger partial charge in [-0.2, -0.15) is 0 Å². The van der Waals surface area contributed by atoms with Gasteiger partial charge < -0.3 is 25.2 Å². The second-order valence-electron chi connectivity index (χ2n) is 8.42. The molecule has 3 N–H and O–H groups in total. The number of nitrogens with one attached hydrogen (secondary N) is 3. The molecule has 0 fully saturated rings. The van der Waals surface area contributed by atoms with Crippen molar-refractivity contribution < 1.29 is 14.7 Å². The van der Waals surface area contributed by atoms with Crippen molar-refractivity contribution in [2.24, 2.45) is 5.92 Å². The molecule has 3 atom stereocenters. The zero-order valence-corrected chi connectivity index (χ0v) is 18.8. The van der Waals surface area contributed by atoms with E-state index in [1.54, 1.807) is 44.3 Å². The molecule has 176 valence electrons. The van der Waals surface area contributed by atoms with Crippen LogP contribution in [0.4, 0.5) is 0 Å². The molecule has 2 heterocycles. The molecule has 4 aromatic rings. The molecule has 0 radical (unpaired) electrons. The molecule has 2 aromatic carbocycles. The molecule has 0 unspecified atom stereocenters. The van der Waals surface area contributed by atoms with Crippen molar-refractivity contribution in [2.75, 3.05) is 0 Å². The molecular weight excluding hydrogens is 436 g/mol. The topological polar surface area (TPSA) is 140 Å². The van der Waals surface area contributed by atoms with Gasteiger partial charge >= 0.3 is 5.69 Å². The van der Waals surface area contributed by atoms with Gasteiger partial charge in [-0.3, -0.25) is 9.59 Å². The molecule has 4 rings (SSSR count). The summed E-state index contributed by atoms with van der Waals surface area (Å²) in [6.45, 7) is 3.49. The molecule has 0 bridgehead atoms. The van der Waals surface area contributed by atoms with Crippen LogP contribution in [0, 0.1) is 5.92 Å². The number of rotatable bonds is 8. The predicted octanol–water partition coefficient (Wildman–Crippen LogP) is 1.24. The lowest BCUT2D eigenvalue weighted by Gasteiger charge is -2.28. The Hall–Kier alpha value is -4.14. The Labute approximate surface area is 194 Å². The van der Waals surface area contributed by atoms with Crippen molar-refractivity contribution in [3.05, 3.63) is 81.1 Å². The molecule has 0 aliphatic carbocycles. The number of para-hydroxylation sites is 2. The lowest BCUT2D eigenvalue weighted by Crippen LogP contribution is -2.54. The quantitative estimate of drug-likeness (QED) is 0.362. The summed E-state index contributed by atoms with van der Waals surface area (Å²) in [6, 6.07) is 11.4. The molecule has 0 spiro atoms. The highest BCUT2D eigenvalue weighted by Gasteiger charge is 2.29. The monoisotopic (exact) mass is 461 g/mol. The minimum absolute atomic E-state index is 0.00253. The van der Waals surface area contributed by atoms with Crippen LogP contribution in [0.2, 0.25) is 0 Å². The number of nitrogens with zero attached hydrogens (tertiary/aromatic N) is 1. The zero-order valence-electron chi connectivity index (χ0n) is 18.8. The number of carboxylic acids is 1. The highest BCUT2D eigenvalue weighted by atomic mass is 16.4.